The van der Waals surface area contributed by atoms with Crippen LogP contribution in [0.4, 0.5) is 0 Å². The van der Waals surface area contributed by atoms with E-state index in [1.807, 2.05) is 23.7 Å². The summed E-state index contributed by atoms with van der Waals surface area (Å²) in [6.07, 6.45) is 9.70. The largest absolute Gasteiger partial charge is 0.332 e. The Morgan fingerprint density at radius 1 is 1.42 bits per heavy atom. The van der Waals surface area contributed by atoms with Crippen LogP contribution in [-0.2, 0) is 13.1 Å². The van der Waals surface area contributed by atoms with E-state index >= 15 is 0 Å². The van der Waals surface area contributed by atoms with Crippen LogP contribution in [0.15, 0.2) is 42.2 Å². The molecule has 1 N–H and O–H groups in total. The highest BCUT2D eigenvalue weighted by molar-refractivity contribution is 5.77. The van der Waals surface area contributed by atoms with E-state index in [9.17, 15) is 4.79 Å². The average molecular weight is 323 g/mol. The fourth-order valence-corrected chi connectivity index (χ4v) is 2.85. The topological polar surface area (TPSA) is 85.8 Å². The van der Waals surface area contributed by atoms with Gasteiger partial charge in [0, 0.05) is 25.1 Å². The van der Waals surface area contributed by atoms with Crippen molar-refractivity contribution in [2.24, 2.45) is 0 Å². The summed E-state index contributed by atoms with van der Waals surface area (Å²) in [5.41, 5.74) is 1.76. The predicted octanol–water partition coefficient (Wildman–Crippen LogP) is 1.83. The van der Waals surface area contributed by atoms with E-state index in [0.29, 0.717) is 35.9 Å². The summed E-state index contributed by atoms with van der Waals surface area (Å²) < 4.78 is 5.27. The van der Waals surface area contributed by atoms with Crippen molar-refractivity contribution in [1.82, 2.24) is 33.7 Å². The maximum Gasteiger partial charge on any atom is 0.280 e. The van der Waals surface area contributed by atoms with Gasteiger partial charge in [-0.2, -0.15) is 5.10 Å². The molecule has 4 heterocycles. The second kappa shape index (κ2) is 5.48. The highest BCUT2D eigenvalue weighted by Crippen LogP contribution is 2.19. The van der Waals surface area contributed by atoms with Gasteiger partial charge in [0.1, 0.15) is 5.82 Å². The maximum atomic E-state index is 12.8. The summed E-state index contributed by atoms with van der Waals surface area (Å²) in [6.45, 7) is 6.96. The van der Waals surface area contributed by atoms with Crippen LogP contribution >= 0.6 is 0 Å². The van der Waals surface area contributed by atoms with Crippen molar-refractivity contribution in [3.05, 3.63) is 47.8 Å². The van der Waals surface area contributed by atoms with E-state index in [4.69, 9.17) is 0 Å². The number of nitrogens with zero attached hydrogens (tertiary/aromatic N) is 6. The number of imidazole rings is 2. The number of hydrogen-bond acceptors (Lipinski definition) is 4. The molecule has 0 saturated carbocycles. The van der Waals surface area contributed by atoms with Crippen LogP contribution in [0.5, 0.6) is 0 Å². The van der Waals surface area contributed by atoms with E-state index in [0.717, 1.165) is 12.0 Å². The van der Waals surface area contributed by atoms with Crippen LogP contribution in [-0.4, -0.2) is 33.7 Å². The molecule has 0 bridgehead atoms. The first-order valence-corrected chi connectivity index (χ1v) is 7.82. The number of hydrogen-bond donors (Lipinski definition) is 1. The van der Waals surface area contributed by atoms with Gasteiger partial charge in [-0.25, -0.2) is 9.97 Å². The van der Waals surface area contributed by atoms with Crippen molar-refractivity contribution in [2.75, 3.05) is 0 Å². The molecule has 122 valence electrons. The molecule has 0 atom stereocenters. The number of allylic oxidation sites excluding steroid dienone is 1. The van der Waals surface area contributed by atoms with E-state index in [2.05, 4.69) is 26.6 Å². The molecule has 4 aromatic rings. The summed E-state index contributed by atoms with van der Waals surface area (Å²) in [5.74, 6) is 1.22. The molecule has 8 nitrogen and oxygen atoms in total. The second-order valence-corrected chi connectivity index (χ2v) is 5.58. The number of aromatic amines is 1. The lowest BCUT2D eigenvalue weighted by Gasteiger charge is -2.05. The van der Waals surface area contributed by atoms with Gasteiger partial charge in [-0.05, 0) is 6.42 Å². The first-order valence-electron chi connectivity index (χ1n) is 7.82. The van der Waals surface area contributed by atoms with Gasteiger partial charge in [0.05, 0.1) is 18.3 Å². The molecule has 0 fully saturated rings. The zero-order valence-corrected chi connectivity index (χ0v) is 13.3. The van der Waals surface area contributed by atoms with Gasteiger partial charge >= 0.3 is 0 Å². The summed E-state index contributed by atoms with van der Waals surface area (Å²) in [6, 6.07) is 0. The van der Waals surface area contributed by atoms with Gasteiger partial charge in [-0.1, -0.05) is 13.0 Å². The fraction of sp³-hybridized carbons (Fsp3) is 0.250. The molecule has 0 aliphatic heterocycles. The van der Waals surface area contributed by atoms with Gasteiger partial charge in [-0.15, -0.1) is 6.58 Å². The number of rotatable bonds is 5. The lowest BCUT2D eigenvalue weighted by atomic mass is 10.3. The quantitative estimate of drug-likeness (QED) is 0.568. The van der Waals surface area contributed by atoms with Crippen molar-refractivity contribution >= 4 is 16.9 Å². The Bertz CT molecular complexity index is 1090. The Labute approximate surface area is 137 Å². The van der Waals surface area contributed by atoms with Crippen LogP contribution in [0.25, 0.3) is 28.3 Å². The summed E-state index contributed by atoms with van der Waals surface area (Å²) in [5, 5.41) is 4.26. The van der Waals surface area contributed by atoms with Crippen LogP contribution in [0.1, 0.15) is 13.3 Å². The first-order chi connectivity index (χ1) is 11.7. The fourth-order valence-electron chi connectivity index (χ4n) is 2.85. The molecule has 0 spiro atoms. The normalized spacial score (nSPS) is 11.5. The molecule has 0 aliphatic carbocycles. The maximum absolute atomic E-state index is 12.8. The van der Waals surface area contributed by atoms with Crippen molar-refractivity contribution in [3.63, 3.8) is 0 Å². The summed E-state index contributed by atoms with van der Waals surface area (Å²) in [4.78, 5) is 24.8. The van der Waals surface area contributed by atoms with Crippen LogP contribution in [0.2, 0.25) is 0 Å². The molecule has 0 aliphatic rings. The molecule has 0 radical (unpaired) electrons. The number of aryl methyl sites for hydroxylation is 1. The minimum absolute atomic E-state index is 0.109. The number of fused-ring (bicyclic) bond motifs is 3. The van der Waals surface area contributed by atoms with E-state index in [1.165, 1.54) is 0 Å². The highest BCUT2D eigenvalue weighted by Gasteiger charge is 2.16. The smallest absolute Gasteiger partial charge is 0.280 e. The lowest BCUT2D eigenvalue weighted by Crippen LogP contribution is -2.23. The highest BCUT2D eigenvalue weighted by atomic mass is 16.1. The third kappa shape index (κ3) is 2.07. The third-order valence-corrected chi connectivity index (χ3v) is 3.90. The minimum Gasteiger partial charge on any atom is -0.332 e. The van der Waals surface area contributed by atoms with E-state index in [-0.39, 0.29) is 5.56 Å². The molecule has 4 aromatic heterocycles. The number of H-pyrrole nitrogens is 1. The third-order valence-electron chi connectivity index (χ3n) is 3.90. The number of aromatic nitrogens is 7. The number of nitrogens with one attached hydrogen (secondary N) is 1. The molecule has 24 heavy (non-hydrogen) atoms. The molecule has 8 heteroatoms. The van der Waals surface area contributed by atoms with E-state index in [1.54, 1.807) is 27.7 Å². The molecule has 4 rings (SSSR count). The minimum atomic E-state index is -0.109. The zero-order chi connectivity index (χ0) is 16.7. The summed E-state index contributed by atoms with van der Waals surface area (Å²) in [7, 11) is 0. The summed E-state index contributed by atoms with van der Waals surface area (Å²) >= 11 is 0. The first kappa shape index (κ1) is 14.4. The van der Waals surface area contributed by atoms with Gasteiger partial charge in [-0.3, -0.25) is 18.4 Å². The molecular formula is C16H17N7O. The molecule has 0 saturated heterocycles. The Kier molecular flexibility index (Phi) is 3.30. The Balaban J connectivity index is 1.95. The van der Waals surface area contributed by atoms with Crippen LogP contribution in [0, 0.1) is 0 Å². The zero-order valence-electron chi connectivity index (χ0n) is 13.3. The van der Waals surface area contributed by atoms with Crippen molar-refractivity contribution in [3.8, 4) is 11.4 Å². The SMILES string of the molecule is C=CCn1cc(-c2nc3c([nH]2)c(=O)n(CCC)c2nccn32)cn1. The molecule has 0 amide bonds. The van der Waals surface area contributed by atoms with Gasteiger partial charge in [0.25, 0.3) is 5.56 Å². The Morgan fingerprint density at radius 3 is 3.08 bits per heavy atom. The standard InChI is InChI=1S/C16H17N7O/c1-3-6-21-10-11(9-18-21)13-19-12-14(20-13)22-8-5-17-16(22)23(7-4-2)15(12)24/h3,5,8-10H,1,4,6-7H2,2H3,(H,19,20). The van der Waals surface area contributed by atoms with Crippen LogP contribution in [0.3, 0.4) is 0 Å². The average Bonchev–Trinajstić information content (AvgIpc) is 3.28. The van der Waals surface area contributed by atoms with Crippen molar-refractivity contribution in [2.45, 2.75) is 26.4 Å². The predicted molar refractivity (Wildman–Crippen MR) is 90.8 cm³/mol. The monoisotopic (exact) mass is 323 g/mol. The molecule has 0 unspecified atom stereocenters. The Hall–Kier alpha value is -3.16. The lowest BCUT2D eigenvalue weighted by molar-refractivity contribution is 0.663. The van der Waals surface area contributed by atoms with Crippen molar-refractivity contribution in [1.29, 1.82) is 0 Å². The van der Waals surface area contributed by atoms with E-state index < -0.39 is 0 Å². The second-order valence-electron chi connectivity index (χ2n) is 5.58. The van der Waals surface area contributed by atoms with Crippen LogP contribution < -0.4 is 5.56 Å². The van der Waals surface area contributed by atoms with Crippen molar-refractivity contribution < 1.29 is 0 Å². The van der Waals surface area contributed by atoms with Gasteiger partial charge in [0.15, 0.2) is 11.2 Å². The molecule has 0 aromatic carbocycles. The Morgan fingerprint density at radius 2 is 2.29 bits per heavy atom. The van der Waals surface area contributed by atoms with Gasteiger partial charge in [0.2, 0.25) is 5.78 Å². The van der Waals surface area contributed by atoms with Gasteiger partial charge < -0.3 is 4.98 Å². The molecular weight excluding hydrogens is 306 g/mol.